The van der Waals surface area contributed by atoms with Crippen LogP contribution in [0.1, 0.15) is 19.2 Å². The van der Waals surface area contributed by atoms with Gasteiger partial charge in [-0.05, 0) is 19.1 Å². The van der Waals surface area contributed by atoms with Crippen LogP contribution in [-0.2, 0) is 11.3 Å². The van der Waals surface area contributed by atoms with Gasteiger partial charge in [0.15, 0.2) is 0 Å². The van der Waals surface area contributed by atoms with Gasteiger partial charge in [-0.2, -0.15) is 0 Å². The van der Waals surface area contributed by atoms with Crippen molar-refractivity contribution in [1.82, 2.24) is 25.3 Å². The molecule has 1 unspecified atom stereocenters. The highest BCUT2D eigenvalue weighted by Crippen LogP contribution is 2.18. The molecule has 1 aromatic heterocycles. The molecule has 2 heterocycles. The van der Waals surface area contributed by atoms with E-state index in [9.17, 15) is 9.59 Å². The fourth-order valence-corrected chi connectivity index (χ4v) is 2.95. The molecule has 0 radical (unpaired) electrons. The predicted octanol–water partition coefficient (Wildman–Crippen LogP) is 1.75. The molecule has 1 N–H and O–H groups in total. The molecule has 1 fully saturated rings. The molecule has 0 spiro atoms. The Hall–Kier alpha value is -2.90. The lowest BCUT2D eigenvalue weighted by molar-refractivity contribution is -0.127. The van der Waals surface area contributed by atoms with Gasteiger partial charge in [0.05, 0.1) is 0 Å². The molecular formula is C18H23N5O3. The van der Waals surface area contributed by atoms with Crippen LogP contribution in [0.3, 0.4) is 0 Å². The van der Waals surface area contributed by atoms with Crippen LogP contribution in [0.2, 0.25) is 0 Å². The smallest absolute Gasteiger partial charge is 0.317 e. The number of aromatic nitrogens is 2. The molecule has 1 aliphatic rings. The average molecular weight is 357 g/mol. The third kappa shape index (κ3) is 4.19. The lowest BCUT2D eigenvalue weighted by atomic mass is 10.1. The van der Waals surface area contributed by atoms with E-state index in [1.807, 2.05) is 42.2 Å². The van der Waals surface area contributed by atoms with Gasteiger partial charge in [0, 0.05) is 44.6 Å². The minimum Gasteiger partial charge on any atom is -0.419 e. The van der Waals surface area contributed by atoms with Crippen LogP contribution in [0, 0.1) is 5.92 Å². The number of carbonyl (C=O) groups excluding carboxylic acids is 2. The van der Waals surface area contributed by atoms with E-state index in [1.165, 1.54) is 4.90 Å². The number of hydrogen-bond acceptors (Lipinski definition) is 5. The predicted molar refractivity (Wildman–Crippen MR) is 95.0 cm³/mol. The number of hydrogen-bond donors (Lipinski definition) is 1. The molecule has 1 aromatic carbocycles. The van der Waals surface area contributed by atoms with Gasteiger partial charge in [-0.1, -0.05) is 18.2 Å². The molecule has 0 saturated carbocycles. The first-order valence-electron chi connectivity index (χ1n) is 8.71. The zero-order valence-corrected chi connectivity index (χ0v) is 15.0. The van der Waals surface area contributed by atoms with Crippen molar-refractivity contribution in [1.29, 1.82) is 0 Å². The van der Waals surface area contributed by atoms with E-state index in [4.69, 9.17) is 4.42 Å². The van der Waals surface area contributed by atoms with Gasteiger partial charge in [0.25, 0.3) is 0 Å². The van der Waals surface area contributed by atoms with E-state index in [-0.39, 0.29) is 24.4 Å². The van der Waals surface area contributed by atoms with Gasteiger partial charge in [0.2, 0.25) is 17.7 Å². The van der Waals surface area contributed by atoms with Crippen molar-refractivity contribution in [3.63, 3.8) is 0 Å². The van der Waals surface area contributed by atoms with Crippen molar-refractivity contribution in [3.8, 4) is 11.5 Å². The molecule has 8 heteroatoms. The number of carbonyl (C=O) groups is 2. The Labute approximate surface area is 152 Å². The minimum atomic E-state index is -0.230. The summed E-state index contributed by atoms with van der Waals surface area (Å²) in [6, 6.07) is 9.24. The Balaban J connectivity index is 1.49. The van der Waals surface area contributed by atoms with Gasteiger partial charge in [-0.15, -0.1) is 10.2 Å². The zero-order valence-electron chi connectivity index (χ0n) is 15.0. The van der Waals surface area contributed by atoms with Gasteiger partial charge >= 0.3 is 6.03 Å². The largest absolute Gasteiger partial charge is 0.419 e. The molecular weight excluding hydrogens is 334 g/mol. The molecule has 138 valence electrons. The summed E-state index contributed by atoms with van der Waals surface area (Å²) in [6.07, 6.45) is 0.488. The SMILES string of the molecule is CCN1CC(CNC(=O)N(C)Cc2nnc(-c3ccccc3)o2)CC1=O. The Kier molecular flexibility index (Phi) is 5.50. The minimum absolute atomic E-state index is 0.152. The van der Waals surface area contributed by atoms with Crippen LogP contribution < -0.4 is 5.32 Å². The summed E-state index contributed by atoms with van der Waals surface area (Å²) in [7, 11) is 1.67. The summed E-state index contributed by atoms with van der Waals surface area (Å²) in [5.74, 6) is 1.11. The molecule has 8 nitrogen and oxygen atoms in total. The Morgan fingerprint density at radius 1 is 1.35 bits per heavy atom. The maximum absolute atomic E-state index is 12.2. The second-order valence-corrected chi connectivity index (χ2v) is 6.41. The van der Waals surface area contributed by atoms with Crippen molar-refractivity contribution in [3.05, 3.63) is 36.2 Å². The molecule has 26 heavy (non-hydrogen) atoms. The molecule has 1 atom stereocenters. The highest BCUT2D eigenvalue weighted by molar-refractivity contribution is 5.79. The van der Waals surface area contributed by atoms with E-state index in [0.29, 0.717) is 37.8 Å². The number of urea groups is 1. The number of nitrogens with zero attached hydrogens (tertiary/aromatic N) is 4. The van der Waals surface area contributed by atoms with Crippen LogP contribution in [0.15, 0.2) is 34.7 Å². The lowest BCUT2D eigenvalue weighted by Crippen LogP contribution is -2.39. The number of rotatable bonds is 6. The number of benzene rings is 1. The first-order valence-corrected chi connectivity index (χ1v) is 8.71. The summed E-state index contributed by atoms with van der Waals surface area (Å²) < 4.78 is 5.62. The van der Waals surface area contributed by atoms with E-state index in [0.717, 1.165) is 5.56 Å². The van der Waals surface area contributed by atoms with Crippen molar-refractivity contribution in [2.75, 3.05) is 26.7 Å². The Morgan fingerprint density at radius 2 is 2.12 bits per heavy atom. The highest BCUT2D eigenvalue weighted by atomic mass is 16.4. The highest BCUT2D eigenvalue weighted by Gasteiger charge is 2.28. The monoisotopic (exact) mass is 357 g/mol. The van der Waals surface area contributed by atoms with Crippen molar-refractivity contribution >= 4 is 11.9 Å². The first kappa shape index (κ1) is 17.9. The molecule has 2 aromatic rings. The normalized spacial score (nSPS) is 16.8. The second kappa shape index (κ2) is 7.99. The molecule has 3 amide bonds. The van der Waals surface area contributed by atoms with Crippen molar-refractivity contribution in [2.24, 2.45) is 5.92 Å². The van der Waals surface area contributed by atoms with Crippen LogP contribution in [0.25, 0.3) is 11.5 Å². The van der Waals surface area contributed by atoms with Gasteiger partial charge in [-0.3, -0.25) is 4.79 Å². The molecule has 0 aliphatic carbocycles. The van der Waals surface area contributed by atoms with E-state index < -0.39 is 0 Å². The quantitative estimate of drug-likeness (QED) is 0.850. The van der Waals surface area contributed by atoms with Crippen molar-refractivity contribution < 1.29 is 14.0 Å². The van der Waals surface area contributed by atoms with Crippen LogP contribution >= 0.6 is 0 Å². The first-order chi connectivity index (χ1) is 12.6. The maximum Gasteiger partial charge on any atom is 0.317 e. The summed E-state index contributed by atoms with van der Waals surface area (Å²) in [5.41, 5.74) is 0.838. The fraction of sp³-hybridized carbons (Fsp3) is 0.444. The van der Waals surface area contributed by atoms with Crippen LogP contribution in [-0.4, -0.2) is 58.6 Å². The van der Waals surface area contributed by atoms with E-state index in [2.05, 4.69) is 15.5 Å². The molecule has 0 bridgehead atoms. The van der Waals surface area contributed by atoms with E-state index in [1.54, 1.807) is 7.05 Å². The summed E-state index contributed by atoms with van der Waals surface area (Å²) in [4.78, 5) is 27.3. The van der Waals surface area contributed by atoms with Crippen molar-refractivity contribution in [2.45, 2.75) is 19.9 Å². The third-order valence-corrected chi connectivity index (χ3v) is 4.42. The second-order valence-electron chi connectivity index (χ2n) is 6.41. The maximum atomic E-state index is 12.2. The topological polar surface area (TPSA) is 91.6 Å². The average Bonchev–Trinajstić information content (AvgIpc) is 3.26. The number of likely N-dealkylation sites (tertiary alicyclic amines) is 1. The fourth-order valence-electron chi connectivity index (χ4n) is 2.95. The standard InChI is InChI=1S/C18H23N5O3/c1-3-23-11-13(9-16(23)24)10-19-18(25)22(2)12-15-20-21-17(26-15)14-7-5-4-6-8-14/h4-8,13H,3,9-12H2,1-2H3,(H,19,25). The molecule has 1 saturated heterocycles. The van der Waals surface area contributed by atoms with Gasteiger partial charge in [0.1, 0.15) is 6.54 Å². The summed E-state index contributed by atoms with van der Waals surface area (Å²) >= 11 is 0. The van der Waals surface area contributed by atoms with Gasteiger partial charge < -0.3 is 19.5 Å². The summed E-state index contributed by atoms with van der Waals surface area (Å²) in [6.45, 7) is 4.06. The number of nitrogens with one attached hydrogen (secondary N) is 1. The van der Waals surface area contributed by atoms with E-state index >= 15 is 0 Å². The van der Waals surface area contributed by atoms with Crippen LogP contribution in [0.4, 0.5) is 4.79 Å². The van der Waals surface area contributed by atoms with Gasteiger partial charge in [-0.25, -0.2) is 4.79 Å². The summed E-state index contributed by atoms with van der Waals surface area (Å²) in [5, 5.41) is 10.9. The zero-order chi connectivity index (χ0) is 18.5. The number of amides is 3. The third-order valence-electron chi connectivity index (χ3n) is 4.42. The Morgan fingerprint density at radius 3 is 2.81 bits per heavy atom. The lowest BCUT2D eigenvalue weighted by Gasteiger charge is -2.18. The van der Waals surface area contributed by atoms with Crippen LogP contribution in [0.5, 0.6) is 0 Å². The Bertz CT molecular complexity index is 761. The molecule has 1 aliphatic heterocycles. The molecule has 3 rings (SSSR count).